The van der Waals surface area contributed by atoms with Crippen molar-refractivity contribution in [2.75, 3.05) is 11.9 Å². The maximum absolute atomic E-state index is 12.0. The summed E-state index contributed by atoms with van der Waals surface area (Å²) in [5.74, 6) is 0.119. The molecule has 2 heterocycles. The van der Waals surface area contributed by atoms with Crippen LogP contribution in [0.2, 0.25) is 0 Å². The smallest absolute Gasteiger partial charge is 0.279 e. The summed E-state index contributed by atoms with van der Waals surface area (Å²) < 4.78 is 1.53. The number of nitrogens with zero attached hydrogens (tertiary/aromatic N) is 4. The van der Waals surface area contributed by atoms with Crippen LogP contribution in [0, 0.1) is 0 Å². The standard InChI is InChI=1S/C12H19N7O/c1-12(2,3)9-6-10(17-16-9)14-11(20)8-7-19(5-4-13)18-15-8/h6-7H,4-5,13H2,1-3H3,(H2,14,16,17,20). The van der Waals surface area contributed by atoms with Gasteiger partial charge in [-0.2, -0.15) is 5.10 Å². The molecule has 1 amide bonds. The van der Waals surface area contributed by atoms with E-state index in [1.165, 1.54) is 4.68 Å². The van der Waals surface area contributed by atoms with Crippen LogP contribution in [0.25, 0.3) is 0 Å². The highest BCUT2D eigenvalue weighted by Crippen LogP contribution is 2.21. The summed E-state index contributed by atoms with van der Waals surface area (Å²) >= 11 is 0. The molecular formula is C12H19N7O. The monoisotopic (exact) mass is 277 g/mol. The summed E-state index contributed by atoms with van der Waals surface area (Å²) in [5.41, 5.74) is 6.53. The van der Waals surface area contributed by atoms with Gasteiger partial charge in [0.2, 0.25) is 0 Å². The Morgan fingerprint density at radius 3 is 2.85 bits per heavy atom. The van der Waals surface area contributed by atoms with E-state index in [4.69, 9.17) is 5.73 Å². The topological polar surface area (TPSA) is 115 Å². The SMILES string of the molecule is CC(C)(C)c1cc(NC(=O)c2cn(CCN)nn2)n[nH]1. The fraction of sp³-hybridized carbons (Fsp3) is 0.500. The van der Waals surface area contributed by atoms with E-state index in [1.54, 1.807) is 6.20 Å². The van der Waals surface area contributed by atoms with Crippen molar-refractivity contribution in [1.29, 1.82) is 0 Å². The zero-order valence-electron chi connectivity index (χ0n) is 11.8. The molecule has 108 valence electrons. The van der Waals surface area contributed by atoms with E-state index in [0.29, 0.717) is 18.9 Å². The highest BCUT2D eigenvalue weighted by molar-refractivity contribution is 6.02. The number of aromatic amines is 1. The Labute approximate surface area is 116 Å². The van der Waals surface area contributed by atoms with Gasteiger partial charge in [0.1, 0.15) is 0 Å². The number of aromatic nitrogens is 5. The maximum Gasteiger partial charge on any atom is 0.279 e. The molecule has 0 aliphatic carbocycles. The number of carbonyl (C=O) groups excluding carboxylic acids is 1. The molecule has 0 aromatic carbocycles. The van der Waals surface area contributed by atoms with Gasteiger partial charge in [-0.05, 0) is 0 Å². The number of rotatable bonds is 4. The minimum atomic E-state index is -0.347. The van der Waals surface area contributed by atoms with Crippen LogP contribution in [-0.4, -0.2) is 37.6 Å². The van der Waals surface area contributed by atoms with Crippen LogP contribution < -0.4 is 11.1 Å². The molecule has 0 aliphatic heterocycles. The van der Waals surface area contributed by atoms with Gasteiger partial charge < -0.3 is 11.1 Å². The van der Waals surface area contributed by atoms with Crippen molar-refractivity contribution in [2.45, 2.75) is 32.7 Å². The van der Waals surface area contributed by atoms with Gasteiger partial charge >= 0.3 is 0 Å². The van der Waals surface area contributed by atoms with Crippen molar-refractivity contribution in [3.63, 3.8) is 0 Å². The average Bonchev–Trinajstić information content (AvgIpc) is 2.97. The minimum Gasteiger partial charge on any atom is -0.329 e. The zero-order chi connectivity index (χ0) is 14.8. The van der Waals surface area contributed by atoms with E-state index in [0.717, 1.165) is 5.69 Å². The second-order valence-corrected chi connectivity index (χ2v) is 5.53. The Morgan fingerprint density at radius 1 is 1.50 bits per heavy atom. The Balaban J connectivity index is 2.05. The molecule has 2 aromatic heterocycles. The molecule has 0 unspecified atom stereocenters. The molecule has 2 rings (SSSR count). The zero-order valence-corrected chi connectivity index (χ0v) is 11.8. The molecule has 0 bridgehead atoms. The lowest BCUT2D eigenvalue weighted by atomic mass is 9.92. The van der Waals surface area contributed by atoms with E-state index < -0.39 is 0 Å². The van der Waals surface area contributed by atoms with Crippen molar-refractivity contribution in [2.24, 2.45) is 5.73 Å². The van der Waals surface area contributed by atoms with E-state index in [9.17, 15) is 4.79 Å². The summed E-state index contributed by atoms with van der Waals surface area (Å²) in [6, 6.07) is 1.81. The lowest BCUT2D eigenvalue weighted by Crippen LogP contribution is -2.13. The van der Waals surface area contributed by atoms with Crippen molar-refractivity contribution >= 4 is 11.7 Å². The first-order chi connectivity index (χ1) is 9.40. The summed E-state index contributed by atoms with van der Waals surface area (Å²) in [7, 11) is 0. The number of hydrogen-bond acceptors (Lipinski definition) is 5. The number of hydrogen-bond donors (Lipinski definition) is 3. The predicted octanol–water partition coefficient (Wildman–Crippen LogP) is 0.510. The summed E-state index contributed by atoms with van der Waals surface area (Å²) in [5, 5.41) is 17.2. The minimum absolute atomic E-state index is 0.0553. The first-order valence-corrected chi connectivity index (χ1v) is 6.37. The summed E-state index contributed by atoms with van der Waals surface area (Å²) in [6.45, 7) is 7.15. The van der Waals surface area contributed by atoms with Crippen LogP contribution in [-0.2, 0) is 12.0 Å². The first kappa shape index (κ1) is 14.2. The predicted molar refractivity (Wildman–Crippen MR) is 74.3 cm³/mol. The van der Waals surface area contributed by atoms with Gasteiger partial charge in [0.15, 0.2) is 11.5 Å². The van der Waals surface area contributed by atoms with Gasteiger partial charge in [0.25, 0.3) is 5.91 Å². The highest BCUT2D eigenvalue weighted by atomic mass is 16.2. The van der Waals surface area contributed by atoms with Crippen molar-refractivity contribution in [1.82, 2.24) is 25.2 Å². The number of amides is 1. The lowest BCUT2D eigenvalue weighted by molar-refractivity contribution is 0.102. The molecule has 20 heavy (non-hydrogen) atoms. The largest absolute Gasteiger partial charge is 0.329 e. The molecule has 0 atom stereocenters. The normalized spacial score (nSPS) is 11.6. The molecular weight excluding hydrogens is 258 g/mol. The summed E-state index contributed by atoms with van der Waals surface area (Å²) in [6.07, 6.45) is 1.56. The highest BCUT2D eigenvalue weighted by Gasteiger charge is 2.18. The van der Waals surface area contributed by atoms with Gasteiger partial charge in [-0.1, -0.05) is 26.0 Å². The van der Waals surface area contributed by atoms with Crippen LogP contribution in [0.15, 0.2) is 12.3 Å². The van der Waals surface area contributed by atoms with Gasteiger partial charge in [-0.3, -0.25) is 14.6 Å². The molecule has 0 fully saturated rings. The third kappa shape index (κ3) is 3.21. The number of nitrogens with two attached hydrogens (primary N) is 1. The summed E-state index contributed by atoms with van der Waals surface area (Å²) in [4.78, 5) is 12.0. The Morgan fingerprint density at radius 2 is 2.25 bits per heavy atom. The fourth-order valence-corrected chi connectivity index (χ4v) is 1.59. The molecule has 0 saturated heterocycles. The number of nitrogens with one attached hydrogen (secondary N) is 2. The lowest BCUT2D eigenvalue weighted by Gasteiger charge is -2.14. The van der Waals surface area contributed by atoms with E-state index in [-0.39, 0.29) is 17.0 Å². The maximum atomic E-state index is 12.0. The molecule has 0 aliphatic rings. The van der Waals surface area contributed by atoms with E-state index in [1.807, 2.05) is 6.07 Å². The third-order valence-electron chi connectivity index (χ3n) is 2.76. The van der Waals surface area contributed by atoms with Crippen LogP contribution in [0.4, 0.5) is 5.82 Å². The quantitative estimate of drug-likeness (QED) is 0.753. The van der Waals surface area contributed by atoms with Gasteiger partial charge in [0.05, 0.1) is 12.7 Å². The van der Waals surface area contributed by atoms with Crippen molar-refractivity contribution in [3.8, 4) is 0 Å². The fourth-order valence-electron chi connectivity index (χ4n) is 1.59. The second kappa shape index (κ2) is 5.41. The number of carbonyl (C=O) groups is 1. The van der Waals surface area contributed by atoms with Crippen LogP contribution in [0.5, 0.6) is 0 Å². The second-order valence-electron chi connectivity index (χ2n) is 5.53. The van der Waals surface area contributed by atoms with E-state index >= 15 is 0 Å². The van der Waals surface area contributed by atoms with Crippen LogP contribution in [0.3, 0.4) is 0 Å². The van der Waals surface area contributed by atoms with Crippen molar-refractivity contribution < 1.29 is 4.79 Å². The average molecular weight is 277 g/mol. The van der Waals surface area contributed by atoms with Gasteiger partial charge in [-0.25, -0.2) is 0 Å². The Bertz CT molecular complexity index is 593. The molecule has 8 nitrogen and oxygen atoms in total. The number of anilines is 1. The molecule has 4 N–H and O–H groups in total. The third-order valence-corrected chi connectivity index (χ3v) is 2.76. The van der Waals surface area contributed by atoms with Crippen LogP contribution >= 0.6 is 0 Å². The molecule has 8 heteroatoms. The van der Waals surface area contributed by atoms with E-state index in [2.05, 4.69) is 46.6 Å². The van der Waals surface area contributed by atoms with Gasteiger partial charge in [-0.15, -0.1) is 5.10 Å². The van der Waals surface area contributed by atoms with Crippen LogP contribution in [0.1, 0.15) is 37.0 Å². The molecule has 0 saturated carbocycles. The first-order valence-electron chi connectivity index (χ1n) is 6.37. The molecule has 0 spiro atoms. The Hall–Kier alpha value is -2.22. The molecule has 2 aromatic rings. The van der Waals surface area contributed by atoms with Gasteiger partial charge in [0, 0.05) is 23.7 Å². The molecule has 0 radical (unpaired) electrons. The Kier molecular flexibility index (Phi) is 3.84. The number of H-pyrrole nitrogens is 1. The van der Waals surface area contributed by atoms with Crippen molar-refractivity contribution in [3.05, 3.63) is 23.7 Å².